The van der Waals surface area contributed by atoms with Gasteiger partial charge < -0.3 is 20.8 Å². The predicted molar refractivity (Wildman–Crippen MR) is 121 cm³/mol. The van der Waals surface area contributed by atoms with Crippen LogP contribution in [0.1, 0.15) is 48.4 Å². The van der Waals surface area contributed by atoms with E-state index in [1.807, 2.05) is 52.0 Å². The lowest BCUT2D eigenvalue weighted by Crippen LogP contribution is -2.38. The van der Waals surface area contributed by atoms with Gasteiger partial charge in [0.25, 0.3) is 11.8 Å². The van der Waals surface area contributed by atoms with Gasteiger partial charge in [-0.3, -0.25) is 9.59 Å². The summed E-state index contributed by atoms with van der Waals surface area (Å²) in [4.78, 5) is 26.6. The molecule has 2 unspecified atom stereocenters. The molecule has 4 N–H and O–H groups in total. The van der Waals surface area contributed by atoms with E-state index >= 15 is 0 Å². The van der Waals surface area contributed by atoms with Crippen molar-refractivity contribution in [2.75, 3.05) is 0 Å². The van der Waals surface area contributed by atoms with E-state index in [4.69, 9.17) is 0 Å². The van der Waals surface area contributed by atoms with Crippen LogP contribution in [0.3, 0.4) is 0 Å². The Hall–Kier alpha value is -2.00. The van der Waals surface area contributed by atoms with E-state index in [1.54, 1.807) is 24.3 Å². The van der Waals surface area contributed by atoms with Gasteiger partial charge >= 0.3 is 0 Å². The maximum atomic E-state index is 12.6. The molecule has 162 valence electrons. The Balaban J connectivity index is 2.15. The van der Waals surface area contributed by atoms with Gasteiger partial charge in [0.05, 0.1) is 11.1 Å². The van der Waals surface area contributed by atoms with Gasteiger partial charge in [-0.15, -0.1) is 0 Å². The van der Waals surface area contributed by atoms with Crippen LogP contribution in [0.5, 0.6) is 0 Å². The molecular formula is C22H28N2O4S2. The van der Waals surface area contributed by atoms with Crippen molar-refractivity contribution < 1.29 is 19.8 Å². The van der Waals surface area contributed by atoms with Crippen LogP contribution in [0.25, 0.3) is 0 Å². The maximum Gasteiger partial charge on any atom is 0.254 e. The van der Waals surface area contributed by atoms with Crippen LogP contribution in [0.15, 0.2) is 58.3 Å². The summed E-state index contributed by atoms with van der Waals surface area (Å²) in [6.45, 7) is 7.28. The Bertz CT molecular complexity index is 802. The van der Waals surface area contributed by atoms with E-state index in [-0.39, 0.29) is 23.7 Å². The highest BCUT2D eigenvalue weighted by molar-refractivity contribution is 8.76. The topological polar surface area (TPSA) is 98.7 Å². The molecular weight excluding hydrogens is 420 g/mol. The largest absolute Gasteiger partial charge is 0.373 e. The van der Waals surface area contributed by atoms with Crippen LogP contribution >= 0.6 is 21.6 Å². The molecule has 2 aromatic carbocycles. The molecule has 0 radical (unpaired) electrons. The first-order valence-corrected chi connectivity index (χ1v) is 11.9. The highest BCUT2D eigenvalue weighted by Gasteiger charge is 2.19. The number of benzene rings is 2. The number of carbonyl (C=O) groups is 2. The average molecular weight is 449 g/mol. The molecule has 0 saturated carbocycles. The van der Waals surface area contributed by atoms with Gasteiger partial charge in [-0.25, -0.2) is 0 Å². The van der Waals surface area contributed by atoms with E-state index < -0.39 is 12.5 Å². The molecule has 30 heavy (non-hydrogen) atoms. The van der Waals surface area contributed by atoms with E-state index in [1.165, 1.54) is 21.6 Å². The summed E-state index contributed by atoms with van der Waals surface area (Å²) in [5.41, 5.74) is 0.902. The normalized spacial score (nSPS) is 13.2. The molecule has 0 aliphatic carbocycles. The zero-order chi connectivity index (χ0) is 22.3. The molecule has 0 aromatic heterocycles. The zero-order valence-corrected chi connectivity index (χ0v) is 19.1. The van der Waals surface area contributed by atoms with Gasteiger partial charge in [0.1, 0.15) is 12.5 Å². The number of aliphatic hydroxyl groups is 2. The van der Waals surface area contributed by atoms with Crippen LogP contribution in [0, 0.1) is 11.8 Å². The van der Waals surface area contributed by atoms with Gasteiger partial charge in [0.15, 0.2) is 0 Å². The van der Waals surface area contributed by atoms with Crippen molar-refractivity contribution in [2.45, 2.75) is 49.9 Å². The molecule has 2 amide bonds. The molecule has 2 rings (SSSR count). The Morgan fingerprint density at radius 2 is 1.03 bits per heavy atom. The smallest absolute Gasteiger partial charge is 0.254 e. The fourth-order valence-corrected chi connectivity index (χ4v) is 4.66. The highest BCUT2D eigenvalue weighted by Crippen LogP contribution is 2.40. The van der Waals surface area contributed by atoms with Crippen LogP contribution in [0.4, 0.5) is 0 Å². The number of amides is 2. The zero-order valence-electron chi connectivity index (χ0n) is 17.5. The van der Waals surface area contributed by atoms with E-state index in [0.717, 1.165) is 0 Å². The van der Waals surface area contributed by atoms with Crippen molar-refractivity contribution in [2.24, 2.45) is 11.8 Å². The van der Waals surface area contributed by atoms with Gasteiger partial charge in [-0.05, 0) is 36.1 Å². The molecule has 0 fully saturated rings. The van der Waals surface area contributed by atoms with Crippen LogP contribution in [-0.2, 0) is 0 Å². The molecule has 0 saturated heterocycles. The number of hydrogen-bond donors (Lipinski definition) is 4. The van der Waals surface area contributed by atoms with E-state index in [9.17, 15) is 19.8 Å². The summed E-state index contributed by atoms with van der Waals surface area (Å²) >= 11 is 0. The second-order valence-corrected chi connectivity index (χ2v) is 9.70. The molecule has 0 heterocycles. The minimum absolute atomic E-state index is 0.102. The van der Waals surface area contributed by atoms with Crippen molar-refractivity contribution >= 4 is 33.4 Å². The second kappa shape index (κ2) is 11.4. The van der Waals surface area contributed by atoms with Crippen LogP contribution < -0.4 is 10.6 Å². The summed E-state index contributed by atoms with van der Waals surface area (Å²) in [5.74, 6) is -0.915. The molecule has 0 spiro atoms. The van der Waals surface area contributed by atoms with E-state index in [2.05, 4.69) is 10.6 Å². The first kappa shape index (κ1) is 24.3. The number of nitrogens with one attached hydrogen (secondary N) is 2. The summed E-state index contributed by atoms with van der Waals surface area (Å²) in [6.07, 6.45) is -1.86. The first-order chi connectivity index (χ1) is 14.2. The maximum absolute atomic E-state index is 12.6. The van der Waals surface area contributed by atoms with Crippen molar-refractivity contribution in [3.8, 4) is 0 Å². The Morgan fingerprint density at radius 3 is 1.37 bits per heavy atom. The summed E-state index contributed by atoms with van der Waals surface area (Å²) in [5, 5.41) is 25.1. The Kier molecular flexibility index (Phi) is 9.23. The summed E-state index contributed by atoms with van der Waals surface area (Å²) in [6, 6.07) is 14.2. The molecule has 0 aliphatic heterocycles. The summed E-state index contributed by atoms with van der Waals surface area (Å²) in [7, 11) is 2.70. The van der Waals surface area contributed by atoms with E-state index in [0.29, 0.717) is 20.9 Å². The SMILES string of the molecule is CC(C)C(O)NC(=O)c1ccccc1SSc1ccccc1C(=O)NC(O)C(C)C. The highest BCUT2D eigenvalue weighted by atomic mass is 33.1. The monoisotopic (exact) mass is 448 g/mol. The Labute approximate surface area is 185 Å². The Morgan fingerprint density at radius 1 is 0.700 bits per heavy atom. The number of carbonyl (C=O) groups excluding carboxylic acids is 2. The fraction of sp³-hybridized carbons (Fsp3) is 0.364. The molecule has 2 atom stereocenters. The molecule has 0 aliphatic rings. The van der Waals surface area contributed by atoms with Gasteiger partial charge in [-0.2, -0.15) is 0 Å². The minimum Gasteiger partial charge on any atom is -0.373 e. The minimum atomic E-state index is -0.931. The third-order valence-corrected chi connectivity index (χ3v) is 6.79. The standard InChI is InChI=1S/C22H28N2O4S2/c1-13(2)19(25)23-21(27)15-9-5-7-11-17(15)29-30-18-12-8-6-10-16(18)22(28)24-20(26)14(3)4/h5-14,19-20,25-26H,1-4H3,(H,23,27)(H,24,28). The molecule has 0 bridgehead atoms. The van der Waals surface area contributed by atoms with Gasteiger partial charge in [-0.1, -0.05) is 73.5 Å². The quantitative estimate of drug-likeness (QED) is 0.343. The fourth-order valence-electron chi connectivity index (χ4n) is 2.30. The average Bonchev–Trinajstić information content (AvgIpc) is 2.72. The second-order valence-electron chi connectivity index (χ2n) is 7.48. The number of rotatable bonds is 9. The number of hydrogen-bond acceptors (Lipinski definition) is 6. The van der Waals surface area contributed by atoms with Gasteiger partial charge in [0, 0.05) is 9.79 Å². The molecule has 6 nitrogen and oxygen atoms in total. The van der Waals surface area contributed by atoms with Crippen molar-refractivity contribution in [1.82, 2.24) is 10.6 Å². The lowest BCUT2D eigenvalue weighted by molar-refractivity contribution is 0.0635. The van der Waals surface area contributed by atoms with Gasteiger partial charge in [0.2, 0.25) is 0 Å². The summed E-state index contributed by atoms with van der Waals surface area (Å²) < 4.78 is 0. The lowest BCUT2D eigenvalue weighted by atomic mass is 10.1. The van der Waals surface area contributed by atoms with Crippen LogP contribution in [-0.4, -0.2) is 34.5 Å². The first-order valence-electron chi connectivity index (χ1n) is 9.71. The van der Waals surface area contributed by atoms with Crippen LogP contribution in [0.2, 0.25) is 0 Å². The van der Waals surface area contributed by atoms with Crippen molar-refractivity contribution in [3.05, 3.63) is 59.7 Å². The predicted octanol–water partition coefficient (Wildman–Crippen LogP) is 3.89. The molecule has 8 heteroatoms. The molecule has 2 aromatic rings. The van der Waals surface area contributed by atoms with Crippen molar-refractivity contribution in [1.29, 1.82) is 0 Å². The lowest BCUT2D eigenvalue weighted by Gasteiger charge is -2.18. The van der Waals surface area contributed by atoms with Crippen molar-refractivity contribution in [3.63, 3.8) is 0 Å². The third kappa shape index (κ3) is 6.77. The number of aliphatic hydroxyl groups excluding tert-OH is 2. The third-order valence-electron chi connectivity index (χ3n) is 4.31.